The third-order valence-electron chi connectivity index (χ3n) is 10.1. The van der Waals surface area contributed by atoms with Crippen molar-refractivity contribution in [3.8, 4) is 11.1 Å². The fraction of sp³-hybridized carbons (Fsp3) is 0.244. The van der Waals surface area contributed by atoms with Crippen LogP contribution in [0.3, 0.4) is 0 Å². The highest BCUT2D eigenvalue weighted by molar-refractivity contribution is 7.99. The molecule has 0 aromatic heterocycles. The number of imide groups is 1. The number of aliphatic hydroxyl groups is 1. The van der Waals surface area contributed by atoms with Gasteiger partial charge in [0.2, 0.25) is 5.91 Å². The molecule has 0 aliphatic carbocycles. The summed E-state index contributed by atoms with van der Waals surface area (Å²) in [4.78, 5) is 52.1. The van der Waals surface area contributed by atoms with Crippen molar-refractivity contribution in [1.82, 2.24) is 10.2 Å². The molecule has 0 spiro atoms. The van der Waals surface area contributed by atoms with Gasteiger partial charge in [-0.15, -0.1) is 11.8 Å². The number of carboxylic acid groups (broad SMARTS) is 1. The largest absolute Gasteiger partial charge is 0.478 e. The van der Waals surface area contributed by atoms with Crippen LogP contribution in [0.1, 0.15) is 63.9 Å². The number of aliphatic hydroxyl groups excluding tert-OH is 1. The smallest absolute Gasteiger partial charge is 0.408 e. The molecule has 1 unspecified atom stereocenters. The average molecular weight is 787 g/mol. The van der Waals surface area contributed by atoms with Crippen LogP contribution in [-0.2, 0) is 43.6 Å². The Bertz CT molecular complexity index is 2210. The third-order valence-corrected chi connectivity index (χ3v) is 11.2. The number of ether oxygens (including phenoxy) is 3. The molecule has 0 bridgehead atoms. The van der Waals surface area contributed by atoms with Crippen molar-refractivity contribution in [2.24, 2.45) is 5.92 Å². The first kappa shape index (κ1) is 39.4. The first-order valence-corrected chi connectivity index (χ1v) is 19.6. The lowest BCUT2D eigenvalue weighted by molar-refractivity contribution is -0.268. The number of benzene rings is 5. The maximum atomic E-state index is 13.3. The number of hydrogen-bond donors (Lipinski definition) is 3. The number of carbonyl (C=O) groups is 4. The molecule has 3 N–H and O–H groups in total. The number of rotatable bonds is 13. The molecule has 11 nitrogen and oxygen atoms in total. The molecule has 2 aliphatic heterocycles. The predicted octanol–water partition coefficient (Wildman–Crippen LogP) is 7.68. The Labute approximate surface area is 334 Å². The number of likely N-dealkylation sites (tertiary alicyclic amines) is 1. The van der Waals surface area contributed by atoms with E-state index in [0.717, 1.165) is 48.7 Å². The minimum atomic E-state index is -1.00. The van der Waals surface area contributed by atoms with Crippen molar-refractivity contribution in [1.29, 1.82) is 0 Å². The molecular formula is C45H42N2O9S. The van der Waals surface area contributed by atoms with Crippen molar-refractivity contribution < 1.29 is 43.6 Å². The Morgan fingerprint density at radius 3 is 2.23 bits per heavy atom. The molecule has 5 aromatic rings. The van der Waals surface area contributed by atoms with Crippen molar-refractivity contribution in [2.45, 2.75) is 62.5 Å². The first-order chi connectivity index (χ1) is 27.6. The summed E-state index contributed by atoms with van der Waals surface area (Å²) in [5.41, 5.74) is 6.09. The number of aromatic carboxylic acids is 1. The van der Waals surface area contributed by atoms with Crippen molar-refractivity contribution >= 4 is 35.6 Å². The zero-order valence-corrected chi connectivity index (χ0v) is 32.0. The summed E-state index contributed by atoms with van der Waals surface area (Å²) < 4.78 is 18.6. The summed E-state index contributed by atoms with van der Waals surface area (Å²) in [6.45, 7) is 2.12. The maximum absolute atomic E-state index is 13.3. The van der Waals surface area contributed by atoms with Gasteiger partial charge in [0.15, 0.2) is 6.29 Å². The predicted molar refractivity (Wildman–Crippen MR) is 213 cm³/mol. The molecule has 2 saturated heterocycles. The van der Waals surface area contributed by atoms with Crippen LogP contribution in [0.15, 0.2) is 132 Å². The van der Waals surface area contributed by atoms with Gasteiger partial charge >= 0.3 is 12.1 Å². The number of nitrogens with one attached hydrogen (secondary N) is 1. The van der Waals surface area contributed by atoms with E-state index in [0.29, 0.717) is 5.75 Å². The van der Waals surface area contributed by atoms with Crippen molar-refractivity contribution in [3.63, 3.8) is 0 Å². The van der Waals surface area contributed by atoms with Gasteiger partial charge in [0, 0.05) is 22.1 Å². The second-order valence-electron chi connectivity index (χ2n) is 14.1. The fourth-order valence-electron chi connectivity index (χ4n) is 6.95. The van der Waals surface area contributed by atoms with E-state index in [4.69, 9.17) is 14.2 Å². The topological polar surface area (TPSA) is 152 Å². The van der Waals surface area contributed by atoms with Gasteiger partial charge in [0.25, 0.3) is 5.91 Å². The number of thioether (sulfide) groups is 1. The second-order valence-corrected chi connectivity index (χ2v) is 15.2. The number of amides is 3. The van der Waals surface area contributed by atoms with Gasteiger partial charge in [-0.3, -0.25) is 14.5 Å². The lowest BCUT2D eigenvalue weighted by Crippen LogP contribution is -2.41. The zero-order valence-electron chi connectivity index (χ0n) is 31.2. The Kier molecular flexibility index (Phi) is 12.4. The number of alkyl carbamates (subject to hydrolysis) is 1. The zero-order chi connectivity index (χ0) is 39.9. The van der Waals surface area contributed by atoms with E-state index in [1.807, 2.05) is 103 Å². The van der Waals surface area contributed by atoms with E-state index in [1.54, 1.807) is 36.0 Å². The number of carbonyl (C=O) groups excluding carboxylic acids is 3. The highest BCUT2D eigenvalue weighted by Crippen LogP contribution is 2.43. The van der Waals surface area contributed by atoms with Crippen LogP contribution in [0.25, 0.3) is 11.1 Å². The van der Waals surface area contributed by atoms with Gasteiger partial charge in [-0.1, -0.05) is 97.9 Å². The summed E-state index contributed by atoms with van der Waals surface area (Å²) >= 11 is 1.59. The van der Waals surface area contributed by atoms with Gasteiger partial charge < -0.3 is 29.7 Å². The number of hydrogen-bond acceptors (Lipinski definition) is 9. The van der Waals surface area contributed by atoms with Crippen LogP contribution < -0.4 is 5.32 Å². The molecule has 5 atom stereocenters. The van der Waals surface area contributed by atoms with Gasteiger partial charge in [-0.2, -0.15) is 0 Å². The normalized spacial score (nSPS) is 20.7. The van der Waals surface area contributed by atoms with Crippen molar-refractivity contribution in [2.75, 3.05) is 5.75 Å². The minimum Gasteiger partial charge on any atom is -0.478 e. The van der Waals surface area contributed by atoms with Gasteiger partial charge in [-0.05, 0) is 69.8 Å². The van der Waals surface area contributed by atoms with Crippen molar-refractivity contribution in [3.05, 3.63) is 161 Å². The second kappa shape index (κ2) is 18.0. The molecule has 2 heterocycles. The van der Waals surface area contributed by atoms with Crippen LogP contribution in [0.5, 0.6) is 0 Å². The SMILES string of the molecule is C[C@H]1[C@@H](CSc2ccc(C(=O)O)cc2)O[C@@H](c2cccc(-c3cccc(CN4C(=O)CC(NC(=O)OCc5ccccc5)C4=O)c3)c2)O[C@H]1c1ccc(CO)cc1. The lowest BCUT2D eigenvalue weighted by atomic mass is 9.91. The Hall–Kier alpha value is -5.79. The molecule has 3 amide bonds. The molecule has 0 saturated carbocycles. The molecular weight excluding hydrogens is 745 g/mol. The molecule has 2 aliphatic rings. The van der Waals surface area contributed by atoms with Crippen LogP contribution in [-0.4, -0.2) is 56.9 Å². The Morgan fingerprint density at radius 2 is 1.51 bits per heavy atom. The van der Waals surface area contributed by atoms with Gasteiger partial charge in [-0.25, -0.2) is 9.59 Å². The van der Waals surface area contributed by atoms with E-state index in [9.17, 15) is 29.4 Å². The summed E-state index contributed by atoms with van der Waals surface area (Å²) in [5, 5.41) is 21.5. The highest BCUT2D eigenvalue weighted by Gasteiger charge is 2.40. The maximum Gasteiger partial charge on any atom is 0.408 e. The van der Waals surface area contributed by atoms with E-state index in [1.165, 1.54) is 0 Å². The summed E-state index contributed by atoms with van der Waals surface area (Å²) in [5.74, 6) is -1.29. The quantitative estimate of drug-likeness (QED) is 0.0801. The molecule has 2 fully saturated rings. The molecule has 57 heavy (non-hydrogen) atoms. The van der Waals surface area contributed by atoms with E-state index in [-0.39, 0.29) is 55.8 Å². The molecule has 292 valence electrons. The highest BCUT2D eigenvalue weighted by atomic mass is 32.2. The fourth-order valence-corrected chi connectivity index (χ4v) is 8.02. The summed E-state index contributed by atoms with van der Waals surface area (Å²) in [6.07, 6.45) is -2.18. The Morgan fingerprint density at radius 1 is 0.807 bits per heavy atom. The number of nitrogens with zero attached hydrogens (tertiary/aromatic N) is 1. The van der Waals surface area contributed by atoms with E-state index >= 15 is 0 Å². The lowest BCUT2D eigenvalue weighted by Gasteiger charge is -2.41. The molecule has 12 heteroatoms. The van der Waals surface area contributed by atoms with Crippen LogP contribution in [0.2, 0.25) is 0 Å². The first-order valence-electron chi connectivity index (χ1n) is 18.6. The molecule has 5 aromatic carbocycles. The average Bonchev–Trinajstić information content (AvgIpc) is 3.50. The van der Waals surface area contributed by atoms with E-state index in [2.05, 4.69) is 12.2 Å². The summed E-state index contributed by atoms with van der Waals surface area (Å²) in [7, 11) is 0. The third kappa shape index (κ3) is 9.61. The number of carboxylic acids is 1. The molecule has 7 rings (SSSR count). The van der Waals surface area contributed by atoms with Crippen LogP contribution in [0, 0.1) is 5.92 Å². The van der Waals surface area contributed by atoms with E-state index < -0.39 is 30.3 Å². The Balaban J connectivity index is 1.05. The monoisotopic (exact) mass is 786 g/mol. The molecule has 0 radical (unpaired) electrons. The van der Waals surface area contributed by atoms with Crippen LogP contribution in [0.4, 0.5) is 4.79 Å². The van der Waals surface area contributed by atoms with Gasteiger partial charge in [0.1, 0.15) is 12.6 Å². The summed E-state index contributed by atoms with van der Waals surface area (Å²) in [6, 6.07) is 38.1. The van der Waals surface area contributed by atoms with Crippen LogP contribution >= 0.6 is 11.8 Å². The minimum absolute atomic E-state index is 0.0439. The standard InChI is InChI=1S/C45H42N2O9S/c1-28-39(27-57-37-19-17-33(18-20-37)43(51)52)55-44(56-41(28)32-15-13-29(25-48)14-16-32)36-12-6-11-35(22-36)34-10-5-9-31(21-34)24-47-40(49)23-38(42(47)50)46-45(53)54-26-30-7-3-2-4-8-30/h2-22,28,38-39,41,44,48H,23-27H2,1H3,(H,46,53)(H,51,52)/t28-,38?,39+,41+,44+/m0/s1. The van der Waals surface area contributed by atoms with Gasteiger partial charge in [0.05, 0.1) is 37.3 Å².